The van der Waals surface area contributed by atoms with E-state index in [-0.39, 0.29) is 65.7 Å². The third-order valence-electron chi connectivity index (χ3n) is 2.53. The van der Waals surface area contributed by atoms with Crippen LogP contribution >= 0.6 is 0 Å². The van der Waals surface area contributed by atoms with E-state index in [1.807, 2.05) is 0 Å². The van der Waals surface area contributed by atoms with E-state index in [9.17, 15) is 9.59 Å². The third-order valence-corrected chi connectivity index (χ3v) is 2.53. The predicted molar refractivity (Wildman–Crippen MR) is 41.9 cm³/mol. The molecule has 1 saturated carbocycles. The molecule has 1 aliphatic rings. The van der Waals surface area contributed by atoms with E-state index in [2.05, 4.69) is 0 Å². The van der Waals surface area contributed by atoms with Gasteiger partial charge in [0.1, 0.15) is 0 Å². The minimum atomic E-state index is -1.49. The standard InChI is InChI=1S/C8H12O4.K.H/c9-6(10)8(7(11)12)4-2-1-3-5-8;;/h1-5H2,(H,9,10)(H,11,12);;/q;+1;-1. The molecule has 1 fully saturated rings. The monoisotopic (exact) mass is 212 g/mol. The minimum absolute atomic E-state index is 0. The molecule has 0 heterocycles. The second kappa shape index (κ2) is 5.46. The molecule has 4 nitrogen and oxygen atoms in total. The van der Waals surface area contributed by atoms with Crippen molar-refractivity contribution >= 4 is 11.9 Å². The Hall–Kier alpha value is 0.576. The second-order valence-electron chi connectivity index (χ2n) is 3.25. The Balaban J connectivity index is 0. The smallest absolute Gasteiger partial charge is 1.00 e. The maximum absolute atomic E-state index is 10.7. The van der Waals surface area contributed by atoms with Crippen molar-refractivity contribution in [2.24, 2.45) is 5.41 Å². The summed E-state index contributed by atoms with van der Waals surface area (Å²) < 4.78 is 0. The van der Waals surface area contributed by atoms with Gasteiger partial charge >= 0.3 is 63.3 Å². The van der Waals surface area contributed by atoms with Crippen LogP contribution in [0.25, 0.3) is 0 Å². The first-order valence-corrected chi connectivity index (χ1v) is 4.06. The van der Waals surface area contributed by atoms with Gasteiger partial charge in [-0.15, -0.1) is 0 Å². The number of carboxylic acid groups (broad SMARTS) is 2. The van der Waals surface area contributed by atoms with Crippen molar-refractivity contribution in [3.63, 3.8) is 0 Å². The Labute approximate surface area is 121 Å². The van der Waals surface area contributed by atoms with Crippen molar-refractivity contribution in [1.82, 2.24) is 0 Å². The Morgan fingerprint density at radius 1 is 1.00 bits per heavy atom. The molecule has 1 aliphatic carbocycles. The van der Waals surface area contributed by atoms with Crippen molar-refractivity contribution in [1.29, 1.82) is 0 Å². The molecular formula is C8H13KO4. The van der Waals surface area contributed by atoms with Crippen molar-refractivity contribution in [2.45, 2.75) is 32.1 Å². The summed E-state index contributed by atoms with van der Waals surface area (Å²) in [6, 6.07) is 0. The Bertz CT molecular complexity index is 197. The van der Waals surface area contributed by atoms with Crippen LogP contribution in [0.1, 0.15) is 33.5 Å². The fourth-order valence-electron chi connectivity index (χ4n) is 1.67. The zero-order valence-corrected chi connectivity index (χ0v) is 10.9. The van der Waals surface area contributed by atoms with E-state index in [4.69, 9.17) is 10.2 Å². The summed E-state index contributed by atoms with van der Waals surface area (Å²) in [7, 11) is 0. The van der Waals surface area contributed by atoms with E-state index < -0.39 is 17.4 Å². The van der Waals surface area contributed by atoms with Crippen LogP contribution in [-0.4, -0.2) is 22.2 Å². The zero-order valence-electron chi connectivity index (χ0n) is 8.75. The molecule has 13 heavy (non-hydrogen) atoms. The fourth-order valence-corrected chi connectivity index (χ4v) is 1.67. The maximum atomic E-state index is 10.7. The van der Waals surface area contributed by atoms with Gasteiger partial charge < -0.3 is 11.6 Å². The molecule has 0 amide bonds. The van der Waals surface area contributed by atoms with Gasteiger partial charge in [0.15, 0.2) is 5.41 Å². The van der Waals surface area contributed by atoms with Crippen LogP contribution in [0.4, 0.5) is 0 Å². The molecule has 0 radical (unpaired) electrons. The van der Waals surface area contributed by atoms with Crippen molar-refractivity contribution in [3.05, 3.63) is 0 Å². The molecule has 0 spiro atoms. The summed E-state index contributed by atoms with van der Waals surface area (Å²) >= 11 is 0. The van der Waals surface area contributed by atoms with E-state index >= 15 is 0 Å². The molecule has 5 heteroatoms. The van der Waals surface area contributed by atoms with Gasteiger partial charge in [-0.3, -0.25) is 9.59 Å². The molecule has 0 aromatic heterocycles. The summed E-state index contributed by atoms with van der Waals surface area (Å²) in [6.07, 6.45) is 2.91. The van der Waals surface area contributed by atoms with E-state index in [0.29, 0.717) is 12.8 Å². The largest absolute Gasteiger partial charge is 1.00 e. The normalized spacial score (nSPS) is 20.0. The quantitative estimate of drug-likeness (QED) is 0.419. The van der Waals surface area contributed by atoms with Gasteiger partial charge in [-0.25, -0.2) is 0 Å². The predicted octanol–water partition coefficient (Wildman–Crippen LogP) is -1.78. The molecule has 0 atom stereocenters. The van der Waals surface area contributed by atoms with Gasteiger partial charge in [-0.2, -0.15) is 0 Å². The fraction of sp³-hybridized carbons (Fsp3) is 0.750. The first-order chi connectivity index (χ1) is 5.59. The summed E-state index contributed by atoms with van der Waals surface area (Å²) in [5, 5.41) is 17.6. The van der Waals surface area contributed by atoms with Gasteiger partial charge in [0, 0.05) is 0 Å². The molecule has 1 rings (SSSR count). The van der Waals surface area contributed by atoms with Crippen LogP contribution in [-0.2, 0) is 9.59 Å². The first kappa shape index (κ1) is 13.6. The third kappa shape index (κ3) is 2.76. The number of carbonyl (C=O) groups is 2. The average molecular weight is 212 g/mol. The number of carboxylic acids is 2. The number of aliphatic carboxylic acids is 2. The second-order valence-corrected chi connectivity index (χ2v) is 3.25. The minimum Gasteiger partial charge on any atom is -1.00 e. The summed E-state index contributed by atoms with van der Waals surface area (Å²) in [6.45, 7) is 0. The number of rotatable bonds is 2. The molecule has 0 saturated heterocycles. The van der Waals surface area contributed by atoms with Crippen molar-refractivity contribution in [2.75, 3.05) is 0 Å². The van der Waals surface area contributed by atoms with Crippen LogP contribution in [0.5, 0.6) is 0 Å². The van der Waals surface area contributed by atoms with Crippen LogP contribution in [0.3, 0.4) is 0 Å². The van der Waals surface area contributed by atoms with E-state index in [0.717, 1.165) is 6.42 Å². The van der Waals surface area contributed by atoms with Gasteiger partial charge in [-0.1, -0.05) is 19.3 Å². The molecule has 0 unspecified atom stereocenters. The Morgan fingerprint density at radius 3 is 1.62 bits per heavy atom. The van der Waals surface area contributed by atoms with Gasteiger partial charge in [-0.05, 0) is 12.8 Å². The molecule has 0 aromatic rings. The van der Waals surface area contributed by atoms with Crippen molar-refractivity contribution in [3.8, 4) is 0 Å². The van der Waals surface area contributed by atoms with Gasteiger partial charge in [0.05, 0.1) is 0 Å². The van der Waals surface area contributed by atoms with Gasteiger partial charge in [0.25, 0.3) is 0 Å². The molecule has 0 aromatic carbocycles. The summed E-state index contributed by atoms with van der Waals surface area (Å²) in [5.41, 5.74) is -1.49. The van der Waals surface area contributed by atoms with Crippen LogP contribution in [0.2, 0.25) is 0 Å². The summed E-state index contributed by atoms with van der Waals surface area (Å²) in [4.78, 5) is 21.5. The molecule has 70 valence electrons. The number of hydrogen-bond donors (Lipinski definition) is 2. The SMILES string of the molecule is O=C(O)C1(C(=O)O)CCCCC1.[H-].[K+]. The van der Waals surface area contributed by atoms with E-state index in [1.165, 1.54) is 0 Å². The summed E-state index contributed by atoms with van der Waals surface area (Å²) in [5.74, 6) is -2.37. The molecule has 0 bridgehead atoms. The van der Waals surface area contributed by atoms with Crippen LogP contribution in [0, 0.1) is 5.41 Å². The van der Waals surface area contributed by atoms with Crippen LogP contribution < -0.4 is 51.4 Å². The zero-order chi connectivity index (χ0) is 9.19. The van der Waals surface area contributed by atoms with Crippen LogP contribution in [0.15, 0.2) is 0 Å². The average Bonchev–Trinajstić information content (AvgIpc) is 2.05. The number of hydrogen-bond acceptors (Lipinski definition) is 2. The van der Waals surface area contributed by atoms with E-state index in [1.54, 1.807) is 0 Å². The van der Waals surface area contributed by atoms with Crippen molar-refractivity contribution < 1.29 is 72.6 Å². The molecule has 2 N–H and O–H groups in total. The first-order valence-electron chi connectivity index (χ1n) is 4.06. The Kier molecular flexibility index (Phi) is 5.70. The molecule has 0 aliphatic heterocycles. The maximum Gasteiger partial charge on any atom is 1.00 e. The van der Waals surface area contributed by atoms with Gasteiger partial charge in [0.2, 0.25) is 0 Å². The molecular weight excluding hydrogens is 199 g/mol. The Morgan fingerprint density at radius 2 is 1.38 bits per heavy atom. The topological polar surface area (TPSA) is 74.6 Å².